The number of carbonyl (C=O) groups excluding carboxylic acids is 2. The van der Waals surface area contributed by atoms with E-state index in [9.17, 15) is 19.8 Å². The summed E-state index contributed by atoms with van der Waals surface area (Å²) in [5.74, 6) is -1.75. The summed E-state index contributed by atoms with van der Waals surface area (Å²) < 4.78 is 17.3. The molecule has 9 heteroatoms. The van der Waals surface area contributed by atoms with Gasteiger partial charge in [0.2, 0.25) is 5.06 Å². The van der Waals surface area contributed by atoms with Crippen LogP contribution in [0.1, 0.15) is 28.4 Å². The molecule has 7 nitrogen and oxygen atoms in total. The quantitative estimate of drug-likeness (QED) is 0.489. The Labute approximate surface area is 186 Å². The van der Waals surface area contributed by atoms with Crippen LogP contribution in [0.3, 0.4) is 0 Å². The largest absolute Gasteiger partial charge is 0.510 e. The van der Waals surface area contributed by atoms with Gasteiger partial charge in [-0.1, -0.05) is 29.8 Å². The van der Waals surface area contributed by atoms with Crippen LogP contribution in [0.15, 0.2) is 65.6 Å². The highest BCUT2D eigenvalue weighted by atomic mass is 35.5. The minimum Gasteiger partial charge on any atom is -0.510 e. The lowest BCUT2D eigenvalue weighted by atomic mass is 9.73. The van der Waals surface area contributed by atoms with E-state index in [0.29, 0.717) is 11.1 Å². The van der Waals surface area contributed by atoms with E-state index in [1.54, 1.807) is 24.3 Å². The molecule has 3 aliphatic rings. The number of aliphatic hydroxyl groups excluding tert-OH is 1. The van der Waals surface area contributed by atoms with Crippen LogP contribution in [0.4, 0.5) is 0 Å². The minimum absolute atomic E-state index is 0.0201. The fourth-order valence-corrected chi connectivity index (χ4v) is 4.98. The van der Waals surface area contributed by atoms with Gasteiger partial charge >= 0.3 is 11.9 Å². The zero-order valence-electron chi connectivity index (χ0n) is 15.9. The van der Waals surface area contributed by atoms with Gasteiger partial charge in [-0.25, -0.2) is 4.79 Å². The summed E-state index contributed by atoms with van der Waals surface area (Å²) in [7, 11) is 0. The van der Waals surface area contributed by atoms with Crippen LogP contribution in [0.5, 0.6) is 11.5 Å². The number of esters is 2. The summed E-state index contributed by atoms with van der Waals surface area (Å²) in [4.78, 5) is 24.9. The summed E-state index contributed by atoms with van der Waals surface area (Å²) in [6.07, 6.45) is 1.22. The number of aliphatic hydroxyl groups is 1. The molecule has 2 aliphatic heterocycles. The number of benzene rings is 2. The van der Waals surface area contributed by atoms with Gasteiger partial charge < -0.3 is 24.4 Å². The second-order valence-corrected chi connectivity index (χ2v) is 8.31. The molecule has 3 unspecified atom stereocenters. The summed E-state index contributed by atoms with van der Waals surface area (Å²) >= 11 is 13.2. The number of allylic oxidation sites excluding steroid dienone is 1. The summed E-state index contributed by atoms with van der Waals surface area (Å²) in [5, 5.41) is 16.9. The standard InChI is InChI=1S/C22H14Cl2O7/c1-10(25)30-22(24)18-17(9-15(27)19(22)23)29-16-8-11(26)6-7-14(16)21(18)13-5-3-2-4-12(13)20(28)31-21/h2-9,19,26-27H,1H3. The number of phenolic OH excluding ortho intramolecular Hbond substituents is 1. The maximum absolute atomic E-state index is 12.9. The van der Waals surface area contributed by atoms with Gasteiger partial charge in [-0.3, -0.25) is 4.79 Å². The molecule has 2 aromatic rings. The average Bonchev–Trinajstić information content (AvgIpc) is 2.98. The molecule has 158 valence electrons. The molecule has 31 heavy (non-hydrogen) atoms. The minimum atomic E-state index is -2.14. The lowest BCUT2D eigenvalue weighted by molar-refractivity contribution is -0.148. The van der Waals surface area contributed by atoms with Crippen molar-refractivity contribution >= 4 is 35.1 Å². The number of halogens is 2. The topological polar surface area (TPSA) is 102 Å². The Kier molecular flexibility index (Phi) is 4.10. The number of ether oxygens (including phenoxy) is 3. The Balaban J connectivity index is 1.91. The van der Waals surface area contributed by atoms with Crippen LogP contribution < -0.4 is 4.74 Å². The number of aromatic hydroxyl groups is 1. The first-order chi connectivity index (χ1) is 14.7. The molecule has 0 bridgehead atoms. The first-order valence-electron chi connectivity index (χ1n) is 9.21. The van der Waals surface area contributed by atoms with E-state index in [0.717, 1.165) is 6.92 Å². The van der Waals surface area contributed by atoms with Gasteiger partial charge in [0.15, 0.2) is 5.60 Å². The van der Waals surface area contributed by atoms with Crippen molar-refractivity contribution in [1.29, 1.82) is 0 Å². The van der Waals surface area contributed by atoms with Gasteiger partial charge in [0.25, 0.3) is 0 Å². The molecule has 0 radical (unpaired) electrons. The smallest absolute Gasteiger partial charge is 0.340 e. The van der Waals surface area contributed by atoms with Crippen LogP contribution in [0.25, 0.3) is 0 Å². The normalized spacial score (nSPS) is 28.2. The van der Waals surface area contributed by atoms with Gasteiger partial charge in [-0.05, 0) is 18.2 Å². The van der Waals surface area contributed by atoms with Crippen LogP contribution in [-0.2, 0) is 19.9 Å². The van der Waals surface area contributed by atoms with E-state index in [2.05, 4.69) is 0 Å². The van der Waals surface area contributed by atoms with E-state index >= 15 is 0 Å². The van der Waals surface area contributed by atoms with E-state index in [1.165, 1.54) is 24.3 Å². The molecule has 0 saturated heterocycles. The molecule has 1 aliphatic carbocycles. The molecule has 0 saturated carbocycles. The molecule has 0 aromatic heterocycles. The Morgan fingerprint density at radius 1 is 1.16 bits per heavy atom. The van der Waals surface area contributed by atoms with Gasteiger partial charge in [-0.15, -0.1) is 11.6 Å². The van der Waals surface area contributed by atoms with Crippen molar-refractivity contribution in [2.24, 2.45) is 0 Å². The third kappa shape index (κ3) is 2.53. The van der Waals surface area contributed by atoms with Crippen LogP contribution >= 0.6 is 23.2 Å². The van der Waals surface area contributed by atoms with Crippen molar-refractivity contribution < 1.29 is 34.0 Å². The molecule has 0 amide bonds. The van der Waals surface area contributed by atoms with Crippen LogP contribution in [0.2, 0.25) is 0 Å². The number of alkyl halides is 2. The lowest BCUT2D eigenvalue weighted by Gasteiger charge is -2.46. The Morgan fingerprint density at radius 2 is 1.90 bits per heavy atom. The van der Waals surface area contributed by atoms with Gasteiger partial charge in [0.1, 0.15) is 28.4 Å². The third-order valence-electron chi connectivity index (χ3n) is 5.43. The van der Waals surface area contributed by atoms with Crippen molar-refractivity contribution in [3.8, 4) is 11.5 Å². The Hall–Kier alpha value is -3.16. The number of carbonyl (C=O) groups is 2. The highest BCUT2D eigenvalue weighted by Gasteiger charge is 2.65. The van der Waals surface area contributed by atoms with Crippen molar-refractivity contribution in [3.05, 3.63) is 82.3 Å². The van der Waals surface area contributed by atoms with Crippen LogP contribution in [-0.4, -0.2) is 32.6 Å². The maximum Gasteiger partial charge on any atom is 0.340 e. The van der Waals surface area contributed by atoms with E-state index in [-0.39, 0.29) is 28.4 Å². The lowest BCUT2D eigenvalue weighted by Crippen LogP contribution is -2.53. The highest BCUT2D eigenvalue weighted by Crippen LogP contribution is 2.61. The predicted molar refractivity (Wildman–Crippen MR) is 109 cm³/mol. The second kappa shape index (κ2) is 6.42. The summed E-state index contributed by atoms with van der Waals surface area (Å²) in [5.41, 5.74) is -0.587. The zero-order chi connectivity index (χ0) is 22.1. The number of rotatable bonds is 1. The monoisotopic (exact) mass is 460 g/mol. The van der Waals surface area contributed by atoms with Crippen molar-refractivity contribution in [2.75, 3.05) is 0 Å². The van der Waals surface area contributed by atoms with Crippen molar-refractivity contribution in [2.45, 2.75) is 23.0 Å². The average molecular weight is 461 g/mol. The first-order valence-corrected chi connectivity index (χ1v) is 10.0. The number of phenols is 1. The summed E-state index contributed by atoms with van der Waals surface area (Å²) in [6.45, 7) is 1.14. The zero-order valence-corrected chi connectivity index (χ0v) is 17.4. The molecular weight excluding hydrogens is 447 g/mol. The van der Waals surface area contributed by atoms with Crippen molar-refractivity contribution in [1.82, 2.24) is 0 Å². The van der Waals surface area contributed by atoms with Crippen molar-refractivity contribution in [3.63, 3.8) is 0 Å². The van der Waals surface area contributed by atoms with E-state index in [4.69, 9.17) is 37.4 Å². The van der Waals surface area contributed by atoms with Crippen LogP contribution in [0, 0.1) is 0 Å². The van der Waals surface area contributed by atoms with Gasteiger partial charge in [-0.2, -0.15) is 0 Å². The molecule has 2 heterocycles. The molecule has 3 atom stereocenters. The molecule has 0 fully saturated rings. The highest BCUT2D eigenvalue weighted by molar-refractivity contribution is 6.35. The number of hydrogen-bond acceptors (Lipinski definition) is 7. The van der Waals surface area contributed by atoms with Gasteiger partial charge in [0.05, 0.1) is 11.1 Å². The molecule has 5 rings (SSSR count). The first kappa shape index (κ1) is 19.8. The van der Waals surface area contributed by atoms with E-state index < -0.39 is 33.7 Å². The van der Waals surface area contributed by atoms with Gasteiger partial charge in [0, 0.05) is 30.2 Å². The second-order valence-electron chi connectivity index (χ2n) is 7.31. The maximum atomic E-state index is 12.9. The predicted octanol–water partition coefficient (Wildman–Crippen LogP) is 4.01. The Bertz CT molecular complexity index is 1230. The molecule has 1 spiro atoms. The third-order valence-corrected chi connectivity index (χ3v) is 6.56. The van der Waals surface area contributed by atoms with E-state index in [1.807, 2.05) is 0 Å². The number of fused-ring (bicyclic) bond motifs is 5. The molecular formula is C22H14Cl2O7. The fourth-order valence-electron chi connectivity index (χ4n) is 4.31. The molecule has 2 aromatic carbocycles. The SMILES string of the molecule is CC(=O)OC1(Cl)C2=C(C=C(O)C1Cl)Oc1cc(O)ccc1C21OC(=O)c2ccccc21. The summed E-state index contributed by atoms with van der Waals surface area (Å²) in [6, 6.07) is 10.9. The fraction of sp³-hybridized carbons (Fsp3) is 0.182. The molecule has 2 N–H and O–H groups in total. The Morgan fingerprint density at radius 3 is 2.65 bits per heavy atom. The number of hydrogen-bond donors (Lipinski definition) is 2.